The highest BCUT2D eigenvalue weighted by Gasteiger charge is 2.54. The number of thioether (sulfide) groups is 1. The van der Waals surface area contributed by atoms with Crippen LogP contribution >= 0.6 is 11.8 Å². The minimum atomic E-state index is -2.94. The average Bonchev–Trinajstić information content (AvgIpc) is 3.07. The first kappa shape index (κ1) is 14.1. The zero-order chi connectivity index (χ0) is 14.8. The molecule has 2 saturated heterocycles. The molecule has 0 aromatic carbocycles. The Morgan fingerprint density at radius 2 is 2.05 bits per heavy atom. The van der Waals surface area contributed by atoms with Gasteiger partial charge in [0, 0.05) is 18.2 Å². The normalized spacial score (nSPS) is 45.5. The summed E-state index contributed by atoms with van der Waals surface area (Å²) in [5.41, 5.74) is 0. The Labute approximate surface area is 129 Å². The van der Waals surface area contributed by atoms with E-state index in [1.807, 2.05) is 0 Å². The number of hydrogen-bond acceptors (Lipinski definition) is 4. The van der Waals surface area contributed by atoms with E-state index in [0.29, 0.717) is 12.0 Å². The number of hydrogen-bond donors (Lipinski definition) is 0. The Balaban J connectivity index is 1.67. The summed E-state index contributed by atoms with van der Waals surface area (Å²) >= 11 is 1.51. The van der Waals surface area contributed by atoms with E-state index < -0.39 is 9.84 Å². The topological polar surface area (TPSA) is 66.8 Å². The summed E-state index contributed by atoms with van der Waals surface area (Å²) in [6.45, 7) is 1.47. The van der Waals surface area contributed by atoms with Crippen LogP contribution in [0.2, 0.25) is 0 Å². The molecule has 0 aromatic heterocycles. The standard InChI is InChI=1S/C14H20N2O3S2/c1-8(17)15-14-16(11-5-9-2-3-10(11)4-9)12-6-21(18,19)7-13(12)20-14/h9-13H,2-7H2,1H3/t9-,10-,11+,12+,13+/m0/s1. The Morgan fingerprint density at radius 3 is 2.67 bits per heavy atom. The summed E-state index contributed by atoms with van der Waals surface area (Å²) < 4.78 is 23.9. The molecular weight excluding hydrogens is 308 g/mol. The number of amidine groups is 1. The SMILES string of the molecule is CC(=O)N=C1S[C@@H]2CS(=O)(=O)C[C@H]2N1[C@@H]1C[C@H]2CC[C@H]1C2. The van der Waals surface area contributed by atoms with Crippen LogP contribution in [-0.4, -0.2) is 53.2 Å². The summed E-state index contributed by atoms with van der Waals surface area (Å²) in [6, 6.07) is 0.431. The molecule has 2 bridgehead atoms. The van der Waals surface area contributed by atoms with Gasteiger partial charge in [-0.05, 0) is 31.1 Å². The third-order valence-corrected chi connectivity index (χ3v) is 8.64. The molecule has 4 rings (SSSR count). The predicted octanol–water partition coefficient (Wildman–Crippen LogP) is 1.29. The number of amides is 1. The Bertz CT molecular complexity index is 616. The molecule has 5 atom stereocenters. The second-order valence-electron chi connectivity index (χ2n) is 6.86. The molecule has 0 spiro atoms. The fourth-order valence-electron chi connectivity index (χ4n) is 4.67. The van der Waals surface area contributed by atoms with Gasteiger partial charge in [-0.15, -0.1) is 0 Å². The van der Waals surface area contributed by atoms with E-state index in [2.05, 4.69) is 9.89 Å². The van der Waals surface area contributed by atoms with Gasteiger partial charge in [0.25, 0.3) is 0 Å². The molecule has 116 valence electrons. The van der Waals surface area contributed by atoms with Gasteiger partial charge in [-0.3, -0.25) is 4.79 Å². The lowest BCUT2D eigenvalue weighted by Crippen LogP contribution is -2.47. The monoisotopic (exact) mass is 328 g/mol. The summed E-state index contributed by atoms with van der Waals surface area (Å²) in [7, 11) is -2.94. The number of rotatable bonds is 1. The first-order valence-electron chi connectivity index (χ1n) is 7.67. The van der Waals surface area contributed by atoms with Crippen LogP contribution in [-0.2, 0) is 14.6 Å². The maximum Gasteiger partial charge on any atom is 0.244 e. The summed E-state index contributed by atoms with van der Waals surface area (Å²) in [4.78, 5) is 17.8. The first-order chi connectivity index (χ1) is 9.93. The van der Waals surface area contributed by atoms with Crippen LogP contribution in [0.5, 0.6) is 0 Å². The lowest BCUT2D eigenvalue weighted by atomic mass is 9.93. The molecule has 5 nitrogen and oxygen atoms in total. The number of sulfone groups is 1. The molecule has 0 aromatic rings. The number of carbonyl (C=O) groups is 1. The van der Waals surface area contributed by atoms with Gasteiger partial charge >= 0.3 is 0 Å². The van der Waals surface area contributed by atoms with Gasteiger partial charge in [0.05, 0.1) is 17.5 Å². The Hall–Kier alpha value is -0.560. The van der Waals surface area contributed by atoms with Crippen molar-refractivity contribution in [3.63, 3.8) is 0 Å². The molecule has 2 aliphatic heterocycles. The molecule has 0 radical (unpaired) electrons. The van der Waals surface area contributed by atoms with E-state index >= 15 is 0 Å². The largest absolute Gasteiger partial charge is 0.343 e. The minimum absolute atomic E-state index is 0.0300. The molecule has 2 saturated carbocycles. The van der Waals surface area contributed by atoms with Crippen LogP contribution in [0.3, 0.4) is 0 Å². The molecule has 4 aliphatic rings. The smallest absolute Gasteiger partial charge is 0.244 e. The van der Waals surface area contributed by atoms with Gasteiger partial charge in [-0.1, -0.05) is 18.2 Å². The lowest BCUT2D eigenvalue weighted by Gasteiger charge is -2.36. The van der Waals surface area contributed by atoms with Gasteiger partial charge < -0.3 is 4.90 Å². The Kier molecular flexibility index (Phi) is 3.16. The predicted molar refractivity (Wildman–Crippen MR) is 83.0 cm³/mol. The van der Waals surface area contributed by atoms with E-state index in [1.165, 1.54) is 37.9 Å². The van der Waals surface area contributed by atoms with E-state index in [9.17, 15) is 13.2 Å². The van der Waals surface area contributed by atoms with Crippen molar-refractivity contribution in [2.45, 2.75) is 49.9 Å². The van der Waals surface area contributed by atoms with E-state index in [1.54, 1.807) is 0 Å². The van der Waals surface area contributed by atoms with Crippen LogP contribution in [0.1, 0.15) is 32.6 Å². The van der Waals surface area contributed by atoms with Crippen LogP contribution in [0, 0.1) is 11.8 Å². The van der Waals surface area contributed by atoms with Crippen molar-refractivity contribution in [1.29, 1.82) is 0 Å². The second kappa shape index (κ2) is 4.72. The van der Waals surface area contributed by atoms with Crippen molar-refractivity contribution in [3.05, 3.63) is 0 Å². The second-order valence-corrected chi connectivity index (χ2v) is 10.2. The molecule has 21 heavy (non-hydrogen) atoms. The van der Waals surface area contributed by atoms with Crippen molar-refractivity contribution in [2.75, 3.05) is 11.5 Å². The van der Waals surface area contributed by atoms with Gasteiger partial charge in [0.2, 0.25) is 5.91 Å². The quantitative estimate of drug-likeness (QED) is 0.726. The number of nitrogens with zero attached hydrogens (tertiary/aromatic N) is 2. The molecule has 2 heterocycles. The van der Waals surface area contributed by atoms with Crippen LogP contribution in [0.15, 0.2) is 4.99 Å². The fraction of sp³-hybridized carbons (Fsp3) is 0.857. The van der Waals surface area contributed by atoms with Gasteiger partial charge in [-0.25, -0.2) is 8.42 Å². The third-order valence-electron chi connectivity index (χ3n) is 5.42. The van der Waals surface area contributed by atoms with Crippen molar-refractivity contribution in [2.24, 2.45) is 16.8 Å². The van der Waals surface area contributed by atoms with Crippen molar-refractivity contribution >= 4 is 32.7 Å². The summed E-state index contributed by atoms with van der Waals surface area (Å²) in [5.74, 6) is 1.73. The fourth-order valence-corrected chi connectivity index (χ4v) is 8.68. The number of aliphatic imine (C=N–C) groups is 1. The molecule has 0 N–H and O–H groups in total. The van der Waals surface area contributed by atoms with E-state index in [-0.39, 0.29) is 28.7 Å². The molecule has 1 amide bonds. The molecule has 7 heteroatoms. The van der Waals surface area contributed by atoms with Gasteiger partial charge in [0.15, 0.2) is 15.0 Å². The van der Waals surface area contributed by atoms with Gasteiger partial charge in [0.1, 0.15) is 0 Å². The summed E-state index contributed by atoms with van der Waals surface area (Å²) in [5, 5.41) is 0.845. The molecule has 0 unspecified atom stereocenters. The van der Waals surface area contributed by atoms with Crippen LogP contribution < -0.4 is 0 Å². The third kappa shape index (κ3) is 2.32. The summed E-state index contributed by atoms with van der Waals surface area (Å²) in [6.07, 6.45) is 4.97. The minimum Gasteiger partial charge on any atom is -0.343 e. The maximum atomic E-state index is 11.9. The maximum absolute atomic E-state index is 11.9. The van der Waals surface area contributed by atoms with Crippen molar-refractivity contribution in [1.82, 2.24) is 4.90 Å². The highest BCUT2D eigenvalue weighted by atomic mass is 32.2. The zero-order valence-corrected chi connectivity index (χ0v) is 13.7. The van der Waals surface area contributed by atoms with Crippen molar-refractivity contribution < 1.29 is 13.2 Å². The molecular formula is C14H20N2O3S2. The highest BCUT2D eigenvalue weighted by molar-refractivity contribution is 8.15. The van der Waals surface area contributed by atoms with Gasteiger partial charge in [-0.2, -0.15) is 4.99 Å². The average molecular weight is 328 g/mol. The van der Waals surface area contributed by atoms with Crippen molar-refractivity contribution in [3.8, 4) is 0 Å². The van der Waals surface area contributed by atoms with Crippen LogP contribution in [0.4, 0.5) is 0 Å². The van der Waals surface area contributed by atoms with E-state index in [4.69, 9.17) is 0 Å². The van der Waals surface area contributed by atoms with E-state index in [0.717, 1.165) is 17.5 Å². The lowest BCUT2D eigenvalue weighted by molar-refractivity contribution is -0.115. The van der Waals surface area contributed by atoms with Crippen LogP contribution in [0.25, 0.3) is 0 Å². The molecule has 4 fully saturated rings. The Morgan fingerprint density at radius 1 is 1.24 bits per heavy atom. The molecule has 2 aliphatic carbocycles. The first-order valence-corrected chi connectivity index (χ1v) is 10.4. The zero-order valence-electron chi connectivity index (χ0n) is 12.1. The number of fused-ring (bicyclic) bond motifs is 3. The highest BCUT2D eigenvalue weighted by Crippen LogP contribution is 2.51. The number of carbonyl (C=O) groups excluding carboxylic acids is 1.